The van der Waals surface area contributed by atoms with Crippen molar-refractivity contribution in [3.8, 4) is 11.5 Å². The summed E-state index contributed by atoms with van der Waals surface area (Å²) >= 11 is 0. The maximum atomic E-state index is 6.20. The van der Waals surface area contributed by atoms with Gasteiger partial charge in [0.15, 0.2) is 0 Å². The summed E-state index contributed by atoms with van der Waals surface area (Å²) in [7, 11) is 0. The minimum Gasteiger partial charge on any atom is -0.493 e. The molecule has 0 saturated heterocycles. The molecule has 0 spiro atoms. The Bertz CT molecular complexity index is 1370. The van der Waals surface area contributed by atoms with E-state index in [2.05, 4.69) is 92.1 Å². The minimum absolute atomic E-state index is 0.617. The van der Waals surface area contributed by atoms with E-state index in [9.17, 15) is 0 Å². The van der Waals surface area contributed by atoms with Crippen LogP contribution in [0.5, 0.6) is 11.5 Å². The number of hydrogen-bond acceptors (Lipinski definition) is 2. The predicted octanol–water partition coefficient (Wildman–Crippen LogP) is 8.60. The number of allylic oxidation sites excluding steroid dienone is 4. The second-order valence-corrected chi connectivity index (χ2v) is 9.13. The first-order valence-electron chi connectivity index (χ1n) is 12.6. The van der Waals surface area contributed by atoms with Crippen LogP contribution in [-0.2, 0) is 24.2 Å². The summed E-state index contributed by atoms with van der Waals surface area (Å²) in [6, 6.07) is 25.1. The Morgan fingerprint density at radius 1 is 0.800 bits per heavy atom. The van der Waals surface area contributed by atoms with Crippen molar-refractivity contribution in [2.75, 3.05) is 0 Å². The molecule has 0 fully saturated rings. The fourth-order valence-corrected chi connectivity index (χ4v) is 4.95. The fourth-order valence-electron chi connectivity index (χ4n) is 4.95. The molecule has 3 heteroatoms. The van der Waals surface area contributed by atoms with Crippen LogP contribution in [-0.4, -0.2) is 4.57 Å². The zero-order valence-electron chi connectivity index (χ0n) is 20.9. The van der Waals surface area contributed by atoms with Crippen LogP contribution >= 0.6 is 0 Å². The van der Waals surface area contributed by atoms with E-state index in [4.69, 9.17) is 9.47 Å². The number of aromatic nitrogens is 1. The van der Waals surface area contributed by atoms with Crippen LogP contribution in [0, 0.1) is 6.92 Å². The van der Waals surface area contributed by atoms with Gasteiger partial charge in [-0.3, -0.25) is 0 Å². The molecule has 3 aromatic carbocycles. The number of fused-ring (bicyclic) bond motifs is 1. The lowest BCUT2D eigenvalue weighted by Crippen LogP contribution is -2.06. The Morgan fingerprint density at radius 3 is 2.26 bits per heavy atom. The van der Waals surface area contributed by atoms with Gasteiger partial charge in [0.05, 0.1) is 11.3 Å². The van der Waals surface area contributed by atoms with Gasteiger partial charge in [-0.25, -0.2) is 0 Å². The van der Waals surface area contributed by atoms with E-state index in [0.29, 0.717) is 6.61 Å². The van der Waals surface area contributed by atoms with Crippen LogP contribution < -0.4 is 4.74 Å². The van der Waals surface area contributed by atoms with E-state index in [1.165, 1.54) is 39.0 Å². The van der Waals surface area contributed by atoms with Crippen molar-refractivity contribution in [3.05, 3.63) is 113 Å². The van der Waals surface area contributed by atoms with E-state index in [1.807, 2.05) is 18.2 Å². The monoisotopic (exact) mass is 463 g/mol. The summed E-state index contributed by atoms with van der Waals surface area (Å²) in [5.74, 6) is 2.80. The number of hydrogen-bond donors (Lipinski definition) is 0. The molecule has 0 unspecified atom stereocenters. The van der Waals surface area contributed by atoms with Crippen molar-refractivity contribution in [2.24, 2.45) is 0 Å². The largest absolute Gasteiger partial charge is 0.493 e. The van der Waals surface area contributed by atoms with Crippen LogP contribution in [0.15, 0.2) is 90.7 Å². The van der Waals surface area contributed by atoms with Crippen molar-refractivity contribution in [1.29, 1.82) is 0 Å². The molecule has 0 atom stereocenters. The van der Waals surface area contributed by atoms with Gasteiger partial charge in [-0.05, 0) is 79.8 Å². The topological polar surface area (TPSA) is 23.4 Å². The van der Waals surface area contributed by atoms with Crippen LogP contribution in [0.4, 0.5) is 0 Å². The summed E-state index contributed by atoms with van der Waals surface area (Å²) in [5.41, 5.74) is 7.81. The first-order chi connectivity index (χ1) is 17.2. The van der Waals surface area contributed by atoms with Gasteiger partial charge in [-0.2, -0.15) is 0 Å². The van der Waals surface area contributed by atoms with Gasteiger partial charge in [0, 0.05) is 23.2 Å². The molecule has 0 amide bonds. The van der Waals surface area contributed by atoms with Gasteiger partial charge in [0.2, 0.25) is 0 Å². The molecule has 178 valence electrons. The highest BCUT2D eigenvalue weighted by molar-refractivity contribution is 5.90. The highest BCUT2D eigenvalue weighted by Crippen LogP contribution is 2.36. The van der Waals surface area contributed by atoms with Crippen LogP contribution in [0.2, 0.25) is 0 Å². The van der Waals surface area contributed by atoms with Crippen molar-refractivity contribution in [2.45, 2.75) is 53.1 Å². The Morgan fingerprint density at radius 2 is 1.57 bits per heavy atom. The van der Waals surface area contributed by atoms with Gasteiger partial charge in [-0.1, -0.05) is 61.9 Å². The van der Waals surface area contributed by atoms with Crippen molar-refractivity contribution < 1.29 is 9.47 Å². The molecule has 5 rings (SSSR count). The maximum Gasteiger partial charge on any atom is 0.128 e. The normalized spacial score (nSPS) is 13.5. The van der Waals surface area contributed by atoms with E-state index in [1.54, 1.807) is 0 Å². The molecule has 0 aliphatic heterocycles. The Kier molecular flexibility index (Phi) is 6.76. The average molecular weight is 464 g/mol. The molecule has 3 nitrogen and oxygen atoms in total. The van der Waals surface area contributed by atoms with Gasteiger partial charge < -0.3 is 14.0 Å². The minimum atomic E-state index is 0.617. The highest BCUT2D eigenvalue weighted by Gasteiger charge is 2.20. The quantitative estimate of drug-likeness (QED) is 0.261. The third-order valence-electron chi connectivity index (χ3n) is 6.74. The summed E-state index contributed by atoms with van der Waals surface area (Å²) < 4.78 is 14.8. The lowest BCUT2D eigenvalue weighted by molar-refractivity contribution is 0.189. The third kappa shape index (κ3) is 4.90. The predicted molar refractivity (Wildman–Crippen MR) is 145 cm³/mol. The number of ether oxygens (including phenoxy) is 2. The number of rotatable bonds is 8. The lowest BCUT2D eigenvalue weighted by Gasteiger charge is -2.20. The Hall–Kier alpha value is -3.72. The molecule has 0 saturated carbocycles. The standard InChI is InChI=1S/C32H33NO2/c1-4-29-30-21-28(35-27-15-11-23(3)12-16-27)19-20-32(30)33(31(29)5-2)25-13-17-26(18-14-25)34-22-24-9-7-6-8-10-24/h6-13,15-17,19-21H,4-5,14,18,22H2,1-3H3. The molecule has 0 radical (unpaired) electrons. The van der Waals surface area contributed by atoms with Crippen LogP contribution in [0.3, 0.4) is 0 Å². The highest BCUT2D eigenvalue weighted by atomic mass is 16.5. The zero-order chi connectivity index (χ0) is 24.2. The lowest BCUT2D eigenvalue weighted by atomic mass is 10.1. The second kappa shape index (κ2) is 10.3. The SMILES string of the molecule is CCc1c(CC)n(C2=CC=C(OCc3ccccc3)CC2)c2ccc(Oc3ccc(C)cc3)cc12. The molecule has 4 aromatic rings. The molecular formula is C32H33NO2. The summed E-state index contributed by atoms with van der Waals surface area (Å²) in [4.78, 5) is 0. The molecule has 35 heavy (non-hydrogen) atoms. The molecule has 1 aliphatic carbocycles. The van der Waals surface area contributed by atoms with Gasteiger partial charge in [0.25, 0.3) is 0 Å². The summed E-state index contributed by atoms with van der Waals surface area (Å²) in [5, 5.41) is 1.28. The molecule has 0 bridgehead atoms. The number of aryl methyl sites for hydroxylation is 2. The van der Waals surface area contributed by atoms with Crippen molar-refractivity contribution in [3.63, 3.8) is 0 Å². The van der Waals surface area contributed by atoms with Crippen molar-refractivity contribution in [1.82, 2.24) is 4.57 Å². The van der Waals surface area contributed by atoms with Crippen LogP contribution in [0.1, 0.15) is 49.1 Å². The summed E-state index contributed by atoms with van der Waals surface area (Å²) in [6.07, 6.45) is 8.24. The molecule has 1 heterocycles. The third-order valence-corrected chi connectivity index (χ3v) is 6.74. The summed E-state index contributed by atoms with van der Waals surface area (Å²) in [6.45, 7) is 7.20. The fraction of sp³-hybridized carbons (Fsp3) is 0.250. The zero-order valence-corrected chi connectivity index (χ0v) is 20.9. The number of nitrogens with zero attached hydrogens (tertiary/aromatic N) is 1. The van der Waals surface area contributed by atoms with Crippen LogP contribution in [0.25, 0.3) is 16.6 Å². The van der Waals surface area contributed by atoms with E-state index >= 15 is 0 Å². The maximum absolute atomic E-state index is 6.20. The number of benzene rings is 3. The van der Waals surface area contributed by atoms with E-state index in [-0.39, 0.29) is 0 Å². The smallest absolute Gasteiger partial charge is 0.128 e. The Labute approximate surface area is 208 Å². The van der Waals surface area contributed by atoms with E-state index in [0.717, 1.165) is 42.9 Å². The molecule has 1 aromatic heterocycles. The first-order valence-corrected chi connectivity index (χ1v) is 12.6. The van der Waals surface area contributed by atoms with Crippen molar-refractivity contribution >= 4 is 16.6 Å². The van der Waals surface area contributed by atoms with E-state index < -0.39 is 0 Å². The first kappa shape index (κ1) is 23.0. The van der Waals surface area contributed by atoms with Gasteiger partial charge >= 0.3 is 0 Å². The second-order valence-electron chi connectivity index (χ2n) is 9.13. The van der Waals surface area contributed by atoms with Gasteiger partial charge in [-0.15, -0.1) is 0 Å². The molecular weight excluding hydrogens is 430 g/mol. The average Bonchev–Trinajstić information content (AvgIpc) is 3.22. The molecule has 1 aliphatic rings. The molecule has 0 N–H and O–H groups in total. The Balaban J connectivity index is 1.44. The van der Waals surface area contributed by atoms with Gasteiger partial charge in [0.1, 0.15) is 18.1 Å².